The van der Waals surface area contributed by atoms with Crippen LogP contribution in [-0.4, -0.2) is 38.6 Å². The molecule has 4 rings (SSSR count). The topological polar surface area (TPSA) is 40.8 Å². The fourth-order valence-corrected chi connectivity index (χ4v) is 3.96. The molecule has 0 bridgehead atoms. The van der Waals surface area contributed by atoms with Crippen molar-refractivity contribution in [1.82, 2.24) is 14.3 Å². The standard InChI is InChI=1S/C21H25N3O/c25-15-12-18-10-4-6-13-23(18)16-19-21(17-8-2-1-3-9-17)22-20-11-5-7-14-24(19)20/h1-3,5,7-9,11,14,18,25H,4,6,10,12-13,15-16H2. The third-order valence-corrected chi connectivity index (χ3v) is 5.24. The van der Waals surface area contributed by atoms with Gasteiger partial charge in [0.25, 0.3) is 0 Å². The van der Waals surface area contributed by atoms with E-state index in [0.717, 1.165) is 36.4 Å². The Morgan fingerprint density at radius 2 is 1.88 bits per heavy atom. The summed E-state index contributed by atoms with van der Waals surface area (Å²) in [5.74, 6) is 0. The zero-order valence-electron chi connectivity index (χ0n) is 14.5. The predicted molar refractivity (Wildman–Crippen MR) is 100 cm³/mol. The van der Waals surface area contributed by atoms with Crippen LogP contribution in [0, 0.1) is 0 Å². The molecule has 4 nitrogen and oxygen atoms in total. The average Bonchev–Trinajstić information content (AvgIpc) is 3.03. The lowest BCUT2D eigenvalue weighted by atomic mass is 9.99. The van der Waals surface area contributed by atoms with Gasteiger partial charge in [-0.1, -0.05) is 42.8 Å². The van der Waals surface area contributed by atoms with Gasteiger partial charge in [0.2, 0.25) is 0 Å². The number of pyridine rings is 1. The molecule has 1 fully saturated rings. The van der Waals surface area contributed by atoms with Crippen molar-refractivity contribution in [3.8, 4) is 11.3 Å². The highest BCUT2D eigenvalue weighted by Gasteiger charge is 2.24. The molecule has 4 heteroatoms. The van der Waals surface area contributed by atoms with E-state index >= 15 is 0 Å². The maximum absolute atomic E-state index is 9.42. The maximum Gasteiger partial charge on any atom is 0.137 e. The summed E-state index contributed by atoms with van der Waals surface area (Å²) in [7, 11) is 0. The van der Waals surface area contributed by atoms with Crippen LogP contribution in [0.25, 0.3) is 16.9 Å². The minimum absolute atomic E-state index is 0.264. The van der Waals surface area contributed by atoms with Crippen molar-refractivity contribution < 1.29 is 5.11 Å². The molecule has 1 aliphatic rings. The first-order valence-corrected chi connectivity index (χ1v) is 9.23. The smallest absolute Gasteiger partial charge is 0.137 e. The first kappa shape index (κ1) is 16.3. The molecule has 0 radical (unpaired) electrons. The van der Waals surface area contributed by atoms with E-state index in [9.17, 15) is 5.11 Å². The van der Waals surface area contributed by atoms with E-state index in [4.69, 9.17) is 4.98 Å². The molecule has 2 aromatic heterocycles. The zero-order chi connectivity index (χ0) is 17.1. The number of aromatic nitrogens is 2. The van der Waals surface area contributed by atoms with Crippen LogP contribution in [0.15, 0.2) is 54.7 Å². The van der Waals surface area contributed by atoms with Crippen molar-refractivity contribution in [2.45, 2.75) is 38.3 Å². The van der Waals surface area contributed by atoms with Crippen LogP contribution in [-0.2, 0) is 6.54 Å². The van der Waals surface area contributed by atoms with Gasteiger partial charge in [0.15, 0.2) is 0 Å². The molecule has 25 heavy (non-hydrogen) atoms. The molecular weight excluding hydrogens is 310 g/mol. The van der Waals surface area contributed by atoms with Gasteiger partial charge < -0.3 is 9.51 Å². The van der Waals surface area contributed by atoms with E-state index in [0.29, 0.717) is 6.04 Å². The van der Waals surface area contributed by atoms with Gasteiger partial charge in [0, 0.05) is 31.0 Å². The number of aliphatic hydroxyl groups excluding tert-OH is 1. The Kier molecular flexibility index (Phi) is 4.81. The van der Waals surface area contributed by atoms with Gasteiger partial charge in [0.05, 0.1) is 11.4 Å². The monoisotopic (exact) mass is 335 g/mol. The summed E-state index contributed by atoms with van der Waals surface area (Å²) in [4.78, 5) is 7.44. The Bertz CT molecular complexity index is 826. The van der Waals surface area contributed by atoms with Crippen LogP contribution in [0.1, 0.15) is 31.4 Å². The van der Waals surface area contributed by atoms with Gasteiger partial charge in [-0.25, -0.2) is 4.98 Å². The Morgan fingerprint density at radius 1 is 1.04 bits per heavy atom. The second-order valence-electron chi connectivity index (χ2n) is 6.83. The average molecular weight is 335 g/mol. The maximum atomic E-state index is 9.42. The molecule has 1 atom stereocenters. The minimum atomic E-state index is 0.264. The van der Waals surface area contributed by atoms with Crippen LogP contribution >= 0.6 is 0 Å². The van der Waals surface area contributed by atoms with Crippen molar-refractivity contribution in [1.29, 1.82) is 0 Å². The summed E-state index contributed by atoms with van der Waals surface area (Å²) in [5, 5.41) is 9.42. The van der Waals surface area contributed by atoms with E-state index in [2.05, 4.69) is 51.9 Å². The summed E-state index contributed by atoms with van der Waals surface area (Å²) in [6, 6.07) is 17.1. The summed E-state index contributed by atoms with van der Waals surface area (Å²) in [6.07, 6.45) is 6.64. The normalized spacial score (nSPS) is 18.7. The van der Waals surface area contributed by atoms with Crippen LogP contribution < -0.4 is 0 Å². The second-order valence-corrected chi connectivity index (χ2v) is 6.83. The largest absolute Gasteiger partial charge is 0.396 e. The molecule has 3 heterocycles. The number of benzene rings is 1. The number of nitrogens with zero attached hydrogens (tertiary/aromatic N) is 3. The Balaban J connectivity index is 1.74. The van der Waals surface area contributed by atoms with Crippen molar-refractivity contribution in [2.24, 2.45) is 0 Å². The molecule has 0 spiro atoms. The minimum Gasteiger partial charge on any atom is -0.396 e. The first-order valence-electron chi connectivity index (χ1n) is 9.23. The number of aliphatic hydroxyl groups is 1. The van der Waals surface area contributed by atoms with E-state index in [-0.39, 0.29) is 6.61 Å². The van der Waals surface area contributed by atoms with Gasteiger partial charge in [0.1, 0.15) is 5.65 Å². The lowest BCUT2D eigenvalue weighted by Gasteiger charge is -2.35. The molecule has 1 N–H and O–H groups in total. The fourth-order valence-electron chi connectivity index (χ4n) is 3.96. The number of hydrogen-bond acceptors (Lipinski definition) is 3. The number of fused-ring (bicyclic) bond motifs is 1. The summed E-state index contributed by atoms with van der Waals surface area (Å²) in [6.45, 7) is 2.24. The highest BCUT2D eigenvalue weighted by molar-refractivity contribution is 5.66. The van der Waals surface area contributed by atoms with E-state index in [1.807, 2.05) is 12.1 Å². The van der Waals surface area contributed by atoms with E-state index < -0.39 is 0 Å². The van der Waals surface area contributed by atoms with Crippen molar-refractivity contribution in [2.75, 3.05) is 13.2 Å². The molecule has 1 saturated heterocycles. The quantitative estimate of drug-likeness (QED) is 0.772. The van der Waals surface area contributed by atoms with Crippen LogP contribution in [0.5, 0.6) is 0 Å². The number of imidazole rings is 1. The summed E-state index contributed by atoms with van der Waals surface area (Å²) >= 11 is 0. The van der Waals surface area contributed by atoms with Gasteiger partial charge in [-0.15, -0.1) is 0 Å². The molecule has 1 aromatic carbocycles. The van der Waals surface area contributed by atoms with Crippen molar-refractivity contribution >= 4 is 5.65 Å². The highest BCUT2D eigenvalue weighted by Crippen LogP contribution is 2.28. The molecule has 0 saturated carbocycles. The molecule has 3 aromatic rings. The Morgan fingerprint density at radius 3 is 2.72 bits per heavy atom. The van der Waals surface area contributed by atoms with E-state index in [1.54, 1.807) is 0 Å². The van der Waals surface area contributed by atoms with Gasteiger partial charge in [-0.05, 0) is 37.9 Å². The zero-order valence-corrected chi connectivity index (χ0v) is 14.5. The summed E-state index contributed by atoms with van der Waals surface area (Å²) < 4.78 is 2.22. The molecule has 0 amide bonds. The third kappa shape index (κ3) is 3.32. The van der Waals surface area contributed by atoms with Gasteiger partial charge >= 0.3 is 0 Å². The molecule has 130 valence electrons. The molecule has 1 aliphatic heterocycles. The summed E-state index contributed by atoms with van der Waals surface area (Å²) in [5.41, 5.74) is 4.47. The number of piperidine rings is 1. The van der Waals surface area contributed by atoms with Crippen LogP contribution in [0.2, 0.25) is 0 Å². The third-order valence-electron chi connectivity index (χ3n) is 5.24. The SMILES string of the molecule is OCCC1CCCCN1Cc1c(-c2ccccc2)nc2ccccn12. The second kappa shape index (κ2) is 7.38. The van der Waals surface area contributed by atoms with Crippen molar-refractivity contribution in [3.63, 3.8) is 0 Å². The number of likely N-dealkylation sites (tertiary alicyclic amines) is 1. The van der Waals surface area contributed by atoms with E-state index in [1.165, 1.54) is 25.0 Å². The van der Waals surface area contributed by atoms with Crippen LogP contribution in [0.3, 0.4) is 0 Å². The number of hydrogen-bond donors (Lipinski definition) is 1. The lowest BCUT2D eigenvalue weighted by molar-refractivity contribution is 0.111. The Labute approximate surface area is 148 Å². The van der Waals surface area contributed by atoms with Gasteiger partial charge in [-0.2, -0.15) is 0 Å². The van der Waals surface area contributed by atoms with Crippen LogP contribution in [0.4, 0.5) is 0 Å². The fraction of sp³-hybridized carbons (Fsp3) is 0.381. The molecule has 0 aliphatic carbocycles. The number of rotatable bonds is 5. The Hall–Kier alpha value is -2.17. The lowest BCUT2D eigenvalue weighted by Crippen LogP contribution is -2.39. The van der Waals surface area contributed by atoms with Gasteiger partial charge in [-0.3, -0.25) is 4.90 Å². The highest BCUT2D eigenvalue weighted by atomic mass is 16.3. The molecule has 1 unspecified atom stereocenters. The predicted octanol–water partition coefficient (Wildman–Crippen LogP) is 3.74. The molecular formula is C21H25N3O. The first-order chi connectivity index (χ1) is 12.4. The van der Waals surface area contributed by atoms with Crippen molar-refractivity contribution in [3.05, 3.63) is 60.4 Å².